The average Bonchev–Trinajstić information content (AvgIpc) is 3.26. The lowest BCUT2D eigenvalue weighted by Crippen LogP contribution is -2.45. The van der Waals surface area contributed by atoms with Crippen molar-refractivity contribution in [3.05, 3.63) is 104 Å². The van der Waals surface area contributed by atoms with E-state index in [4.69, 9.17) is 21.4 Å². The molecule has 0 saturated carbocycles. The summed E-state index contributed by atoms with van der Waals surface area (Å²) in [5, 5.41) is 29.1. The van der Waals surface area contributed by atoms with Gasteiger partial charge in [0.2, 0.25) is 11.8 Å². The SMILES string of the molecule is O=c1nc(NC2=CCC=C(Oc3ccn[nH]3)C=C2)n(Cc2ccc(Cl)cc2)c(=O)n1C[C@H](O)CO. The summed E-state index contributed by atoms with van der Waals surface area (Å²) in [5.41, 5.74) is -0.197. The van der Waals surface area contributed by atoms with Gasteiger partial charge in [0.1, 0.15) is 5.76 Å². The van der Waals surface area contributed by atoms with Crippen molar-refractivity contribution in [3.63, 3.8) is 0 Å². The maximum atomic E-state index is 13.2. The van der Waals surface area contributed by atoms with Crippen molar-refractivity contribution in [1.29, 1.82) is 0 Å². The Labute approximate surface area is 204 Å². The number of halogens is 1. The van der Waals surface area contributed by atoms with E-state index >= 15 is 0 Å². The first kappa shape index (κ1) is 24.2. The Hall–Kier alpha value is -3.93. The Morgan fingerprint density at radius 3 is 2.66 bits per heavy atom. The predicted molar refractivity (Wildman–Crippen MR) is 129 cm³/mol. The molecule has 0 saturated heterocycles. The fraction of sp³-hybridized carbons (Fsp3) is 0.217. The number of benzene rings is 1. The highest BCUT2D eigenvalue weighted by Crippen LogP contribution is 2.17. The van der Waals surface area contributed by atoms with Crippen molar-refractivity contribution in [2.45, 2.75) is 25.6 Å². The van der Waals surface area contributed by atoms with Crippen LogP contribution in [0.4, 0.5) is 5.95 Å². The molecule has 0 radical (unpaired) electrons. The lowest BCUT2D eigenvalue weighted by atomic mass is 10.2. The van der Waals surface area contributed by atoms with Crippen LogP contribution in [0.2, 0.25) is 5.02 Å². The molecule has 1 atom stereocenters. The van der Waals surface area contributed by atoms with Crippen LogP contribution in [0.3, 0.4) is 0 Å². The summed E-state index contributed by atoms with van der Waals surface area (Å²) in [7, 11) is 0. The molecule has 4 N–H and O–H groups in total. The minimum Gasteiger partial charge on any atom is -0.440 e. The number of ether oxygens (including phenoxy) is 1. The number of aliphatic hydroxyl groups is 2. The van der Waals surface area contributed by atoms with Crippen molar-refractivity contribution in [1.82, 2.24) is 24.3 Å². The number of allylic oxidation sites excluding steroid dienone is 4. The third-order valence-electron chi connectivity index (χ3n) is 5.05. The molecule has 3 aromatic rings. The van der Waals surface area contributed by atoms with Crippen LogP contribution < -0.4 is 21.4 Å². The number of rotatable bonds is 9. The third-order valence-corrected chi connectivity index (χ3v) is 5.30. The molecule has 4 rings (SSSR count). The average molecular weight is 499 g/mol. The van der Waals surface area contributed by atoms with Crippen LogP contribution in [0.15, 0.2) is 81.9 Å². The van der Waals surface area contributed by atoms with Crippen molar-refractivity contribution < 1.29 is 14.9 Å². The first-order valence-electron chi connectivity index (χ1n) is 10.7. The number of nitrogens with one attached hydrogen (secondary N) is 2. The summed E-state index contributed by atoms with van der Waals surface area (Å²) in [6.45, 7) is -0.899. The number of aromatic amines is 1. The number of H-pyrrole nitrogens is 1. The highest BCUT2D eigenvalue weighted by atomic mass is 35.5. The van der Waals surface area contributed by atoms with Gasteiger partial charge in [0.05, 0.1) is 32.0 Å². The zero-order valence-electron chi connectivity index (χ0n) is 18.5. The van der Waals surface area contributed by atoms with Crippen LogP contribution in [-0.2, 0) is 13.1 Å². The smallest absolute Gasteiger partial charge is 0.355 e. The number of aromatic nitrogens is 5. The molecule has 0 unspecified atom stereocenters. The van der Waals surface area contributed by atoms with E-state index < -0.39 is 24.1 Å². The second-order valence-electron chi connectivity index (χ2n) is 7.64. The van der Waals surface area contributed by atoms with Crippen molar-refractivity contribution in [2.24, 2.45) is 0 Å². The largest absolute Gasteiger partial charge is 0.440 e. The summed E-state index contributed by atoms with van der Waals surface area (Å²) in [4.78, 5) is 29.9. The van der Waals surface area contributed by atoms with Gasteiger partial charge < -0.3 is 20.3 Å². The Morgan fingerprint density at radius 2 is 1.94 bits per heavy atom. The maximum absolute atomic E-state index is 13.2. The highest BCUT2D eigenvalue weighted by Gasteiger charge is 2.17. The van der Waals surface area contributed by atoms with Gasteiger partial charge in [-0.25, -0.2) is 19.3 Å². The van der Waals surface area contributed by atoms with Gasteiger partial charge in [-0.15, -0.1) is 0 Å². The first-order valence-corrected chi connectivity index (χ1v) is 11.1. The van der Waals surface area contributed by atoms with E-state index in [0.717, 1.165) is 10.1 Å². The standard InChI is InChI=1S/C23H23ClN6O5/c24-16-6-4-15(5-7-16)12-29-21(27-22(33)30(23(29)34)13-18(32)14-31)26-17-2-1-3-19(9-8-17)35-20-10-11-25-28-20/h2-11,18,31-32H,1,12-14H2,(H,25,28)(H,26,27,33)/t18-/m0/s1. The Balaban J connectivity index is 1.64. The van der Waals surface area contributed by atoms with Gasteiger partial charge in [-0.05, 0) is 42.3 Å². The van der Waals surface area contributed by atoms with Crippen LogP contribution in [0.5, 0.6) is 5.88 Å². The molecule has 12 heteroatoms. The van der Waals surface area contributed by atoms with E-state index in [2.05, 4.69) is 20.5 Å². The fourth-order valence-corrected chi connectivity index (χ4v) is 3.42. The predicted octanol–water partition coefficient (Wildman–Crippen LogP) is 1.40. The molecule has 0 fully saturated rings. The normalized spacial score (nSPS) is 14.1. The Bertz CT molecular complexity index is 1370. The quantitative estimate of drug-likeness (QED) is 0.346. The van der Waals surface area contributed by atoms with Crippen LogP contribution >= 0.6 is 11.6 Å². The number of aliphatic hydroxyl groups excluding tert-OH is 2. The second kappa shape index (κ2) is 11.0. The summed E-state index contributed by atoms with van der Waals surface area (Å²) in [6, 6.07) is 8.58. The van der Waals surface area contributed by atoms with E-state index in [1.165, 1.54) is 4.57 Å². The molecular weight excluding hydrogens is 476 g/mol. The van der Waals surface area contributed by atoms with Gasteiger partial charge in [-0.3, -0.25) is 4.57 Å². The summed E-state index contributed by atoms with van der Waals surface area (Å²) in [5.74, 6) is 1.10. The molecule has 1 aliphatic rings. The molecule has 182 valence electrons. The van der Waals surface area contributed by atoms with E-state index in [0.29, 0.717) is 28.8 Å². The van der Waals surface area contributed by atoms with E-state index in [9.17, 15) is 14.7 Å². The molecule has 11 nitrogen and oxygen atoms in total. The molecule has 0 bridgehead atoms. The molecule has 0 spiro atoms. The molecule has 35 heavy (non-hydrogen) atoms. The molecule has 1 aromatic carbocycles. The maximum Gasteiger partial charge on any atom is 0.355 e. The van der Waals surface area contributed by atoms with E-state index in [1.807, 2.05) is 12.2 Å². The Morgan fingerprint density at radius 1 is 1.14 bits per heavy atom. The molecular formula is C23H23ClN6O5. The van der Waals surface area contributed by atoms with Gasteiger partial charge in [0, 0.05) is 16.8 Å². The van der Waals surface area contributed by atoms with E-state index in [1.54, 1.807) is 48.7 Å². The molecule has 2 aromatic heterocycles. The molecule has 0 amide bonds. The number of hydrogen-bond acceptors (Lipinski definition) is 8. The van der Waals surface area contributed by atoms with E-state index in [-0.39, 0.29) is 19.0 Å². The van der Waals surface area contributed by atoms with Gasteiger partial charge in [-0.1, -0.05) is 29.8 Å². The van der Waals surface area contributed by atoms with Gasteiger partial charge in [0.15, 0.2) is 0 Å². The Kier molecular flexibility index (Phi) is 7.60. The van der Waals surface area contributed by atoms with Crippen LogP contribution in [0, 0.1) is 0 Å². The minimum absolute atomic E-state index is 0.0264. The third kappa shape index (κ3) is 6.15. The molecule has 2 heterocycles. The topological polar surface area (TPSA) is 147 Å². The van der Waals surface area contributed by atoms with Crippen LogP contribution in [0.25, 0.3) is 0 Å². The van der Waals surface area contributed by atoms with Crippen molar-refractivity contribution in [2.75, 3.05) is 11.9 Å². The first-order chi connectivity index (χ1) is 16.9. The highest BCUT2D eigenvalue weighted by molar-refractivity contribution is 6.30. The van der Waals surface area contributed by atoms with Gasteiger partial charge in [-0.2, -0.15) is 10.1 Å². The van der Waals surface area contributed by atoms with Crippen LogP contribution in [-0.4, -0.2) is 47.2 Å². The minimum atomic E-state index is -1.28. The lowest BCUT2D eigenvalue weighted by molar-refractivity contribution is 0.0785. The van der Waals surface area contributed by atoms with Crippen molar-refractivity contribution >= 4 is 17.5 Å². The van der Waals surface area contributed by atoms with Crippen molar-refractivity contribution in [3.8, 4) is 5.88 Å². The fourth-order valence-electron chi connectivity index (χ4n) is 3.30. The molecule has 1 aliphatic carbocycles. The number of hydrogen-bond donors (Lipinski definition) is 4. The lowest BCUT2D eigenvalue weighted by Gasteiger charge is -2.17. The number of anilines is 1. The number of nitrogens with zero attached hydrogens (tertiary/aromatic N) is 4. The molecule has 0 aliphatic heterocycles. The zero-order chi connectivity index (χ0) is 24.8. The summed E-state index contributed by atoms with van der Waals surface area (Å²) in [6.07, 6.45) is 7.97. The monoisotopic (exact) mass is 498 g/mol. The second-order valence-corrected chi connectivity index (χ2v) is 8.08. The van der Waals surface area contributed by atoms with Gasteiger partial charge in [0.25, 0.3) is 0 Å². The summed E-state index contributed by atoms with van der Waals surface area (Å²) >= 11 is 5.97. The van der Waals surface area contributed by atoms with Crippen LogP contribution in [0.1, 0.15) is 12.0 Å². The summed E-state index contributed by atoms with van der Waals surface area (Å²) < 4.78 is 7.77. The zero-order valence-corrected chi connectivity index (χ0v) is 19.2. The van der Waals surface area contributed by atoms with Gasteiger partial charge >= 0.3 is 11.4 Å².